The van der Waals surface area contributed by atoms with E-state index >= 15 is 0 Å². The molecule has 0 bridgehead atoms. The van der Waals surface area contributed by atoms with Crippen LogP contribution in [0, 0.1) is 0 Å². The number of esters is 1. The summed E-state index contributed by atoms with van der Waals surface area (Å²) in [5.74, 6) is -0.597. The van der Waals surface area contributed by atoms with E-state index in [0.29, 0.717) is 6.61 Å². The Labute approximate surface area is 73.2 Å². The lowest BCUT2D eigenvalue weighted by atomic mass is 10.4. The van der Waals surface area contributed by atoms with Crippen molar-refractivity contribution in [1.29, 1.82) is 0 Å². The van der Waals surface area contributed by atoms with E-state index in [0.717, 1.165) is 12.8 Å². The number of carbonyl (C=O) groups excluding carboxylic acids is 1. The lowest BCUT2D eigenvalue weighted by molar-refractivity contribution is -0.149. The zero-order valence-electron chi connectivity index (χ0n) is 7.91. The predicted molar refractivity (Wildman–Crippen MR) is 45.7 cm³/mol. The molecule has 0 aromatic rings. The highest BCUT2D eigenvalue weighted by Crippen LogP contribution is 1.80. The summed E-state index contributed by atoms with van der Waals surface area (Å²) >= 11 is 0. The zero-order valence-corrected chi connectivity index (χ0v) is 7.91. The fourth-order valence-corrected chi connectivity index (χ4v) is 0.329. The van der Waals surface area contributed by atoms with Gasteiger partial charge in [0, 0.05) is 6.61 Å². The van der Waals surface area contributed by atoms with Crippen LogP contribution in [0.3, 0.4) is 0 Å². The van der Waals surface area contributed by atoms with Crippen molar-refractivity contribution in [1.82, 2.24) is 0 Å². The van der Waals surface area contributed by atoms with Crippen LogP contribution in [0.15, 0.2) is 0 Å². The molecule has 0 fully saturated rings. The van der Waals surface area contributed by atoms with E-state index in [1.54, 1.807) is 0 Å². The van der Waals surface area contributed by atoms with Crippen LogP contribution in [0.25, 0.3) is 0 Å². The molecule has 0 amide bonds. The lowest BCUT2D eigenvalue weighted by Crippen LogP contribution is -2.16. The van der Waals surface area contributed by atoms with Gasteiger partial charge in [0.15, 0.2) is 0 Å². The van der Waals surface area contributed by atoms with Crippen LogP contribution in [-0.4, -0.2) is 36.0 Å². The number of rotatable bonds is 3. The Kier molecular flexibility index (Phi) is 12.1. The fraction of sp³-hybridized carbons (Fsp3) is 0.875. The number of methoxy groups -OCH3 is 1. The van der Waals surface area contributed by atoms with Crippen LogP contribution < -0.4 is 0 Å². The van der Waals surface area contributed by atoms with Crippen molar-refractivity contribution in [2.75, 3.05) is 13.7 Å². The first kappa shape index (κ1) is 13.9. The van der Waals surface area contributed by atoms with Gasteiger partial charge in [0.25, 0.3) is 0 Å². The van der Waals surface area contributed by atoms with Crippen molar-refractivity contribution >= 4 is 5.97 Å². The average Bonchev–Trinajstić information content (AvgIpc) is 2.05. The molecule has 0 saturated carbocycles. The Morgan fingerprint density at radius 3 is 2.08 bits per heavy atom. The van der Waals surface area contributed by atoms with Gasteiger partial charge in [-0.2, -0.15) is 0 Å². The van der Waals surface area contributed by atoms with Crippen molar-refractivity contribution in [3.05, 3.63) is 0 Å². The Balaban J connectivity index is 0. The minimum Gasteiger partial charge on any atom is -0.467 e. The quantitative estimate of drug-likeness (QED) is 0.611. The van der Waals surface area contributed by atoms with Gasteiger partial charge in [-0.25, -0.2) is 4.79 Å². The summed E-state index contributed by atoms with van der Waals surface area (Å²) in [7, 11) is 1.23. The topological polar surface area (TPSA) is 66.8 Å². The smallest absolute Gasteiger partial charge is 0.334 e. The second-order valence-corrected chi connectivity index (χ2v) is 2.28. The molecule has 0 aliphatic rings. The molecule has 0 spiro atoms. The zero-order chi connectivity index (χ0) is 9.98. The van der Waals surface area contributed by atoms with Crippen molar-refractivity contribution in [2.24, 2.45) is 0 Å². The van der Waals surface area contributed by atoms with Crippen molar-refractivity contribution in [2.45, 2.75) is 32.8 Å². The predicted octanol–water partition coefficient (Wildman–Crippen LogP) is 0.319. The number of aliphatic hydroxyl groups excluding tert-OH is 2. The van der Waals surface area contributed by atoms with Gasteiger partial charge in [-0.05, 0) is 13.3 Å². The summed E-state index contributed by atoms with van der Waals surface area (Å²) in [6, 6.07) is 0. The van der Waals surface area contributed by atoms with E-state index in [1.165, 1.54) is 14.0 Å². The largest absolute Gasteiger partial charge is 0.467 e. The summed E-state index contributed by atoms with van der Waals surface area (Å²) in [4.78, 5) is 10.0. The monoisotopic (exact) mass is 178 g/mol. The molecule has 0 rings (SSSR count). The maximum Gasteiger partial charge on any atom is 0.334 e. The molecule has 0 aliphatic heterocycles. The number of ether oxygens (including phenoxy) is 1. The molecule has 74 valence electrons. The molecule has 0 radical (unpaired) electrons. The maximum atomic E-state index is 10.0. The molecule has 0 aromatic carbocycles. The lowest BCUT2D eigenvalue weighted by Gasteiger charge is -1.97. The van der Waals surface area contributed by atoms with Crippen molar-refractivity contribution in [3.8, 4) is 0 Å². The van der Waals surface area contributed by atoms with Gasteiger partial charge in [0.1, 0.15) is 6.10 Å². The maximum absolute atomic E-state index is 10.0. The fourth-order valence-electron chi connectivity index (χ4n) is 0.329. The number of aliphatic hydroxyl groups is 2. The first-order chi connectivity index (χ1) is 5.59. The molecule has 1 atom stereocenters. The Hall–Kier alpha value is -0.610. The van der Waals surface area contributed by atoms with E-state index in [-0.39, 0.29) is 0 Å². The molecular formula is C8H18O4. The molecule has 0 aliphatic carbocycles. The molecule has 2 N–H and O–H groups in total. The SMILES string of the molecule is CCCCO.COC(=O)C(C)O. The number of hydrogen-bond acceptors (Lipinski definition) is 4. The van der Waals surface area contributed by atoms with Crippen LogP contribution in [0.2, 0.25) is 0 Å². The van der Waals surface area contributed by atoms with Gasteiger partial charge in [-0.3, -0.25) is 0 Å². The summed E-state index contributed by atoms with van der Waals surface area (Å²) in [5.41, 5.74) is 0. The van der Waals surface area contributed by atoms with Crippen molar-refractivity contribution < 1.29 is 19.7 Å². The highest BCUT2D eigenvalue weighted by molar-refractivity contribution is 5.73. The Morgan fingerprint density at radius 2 is 2.08 bits per heavy atom. The molecule has 0 aromatic heterocycles. The molecule has 4 heteroatoms. The van der Waals surface area contributed by atoms with E-state index in [4.69, 9.17) is 10.2 Å². The van der Waals surface area contributed by atoms with Gasteiger partial charge < -0.3 is 14.9 Å². The van der Waals surface area contributed by atoms with Crippen LogP contribution >= 0.6 is 0 Å². The average molecular weight is 178 g/mol. The van der Waals surface area contributed by atoms with Crippen LogP contribution in [0.5, 0.6) is 0 Å². The molecular weight excluding hydrogens is 160 g/mol. The standard InChI is InChI=1S/C4H8O3.C4H10O/c1-3(5)4(6)7-2;1-2-3-4-5/h3,5H,1-2H3;5H,2-4H2,1H3. The van der Waals surface area contributed by atoms with Gasteiger partial charge in [0.05, 0.1) is 7.11 Å². The van der Waals surface area contributed by atoms with Crippen LogP contribution in [0.1, 0.15) is 26.7 Å². The van der Waals surface area contributed by atoms with Gasteiger partial charge >= 0.3 is 5.97 Å². The highest BCUT2D eigenvalue weighted by atomic mass is 16.5. The highest BCUT2D eigenvalue weighted by Gasteiger charge is 2.05. The second kappa shape index (κ2) is 10.4. The van der Waals surface area contributed by atoms with Crippen LogP contribution in [0.4, 0.5) is 0 Å². The minimum atomic E-state index is -0.995. The first-order valence-electron chi connectivity index (χ1n) is 3.96. The minimum absolute atomic E-state index is 0.344. The third-order valence-electron chi connectivity index (χ3n) is 1.05. The van der Waals surface area contributed by atoms with Gasteiger partial charge in [-0.15, -0.1) is 0 Å². The van der Waals surface area contributed by atoms with E-state index in [2.05, 4.69) is 11.7 Å². The van der Waals surface area contributed by atoms with E-state index in [1.807, 2.05) is 0 Å². The van der Waals surface area contributed by atoms with E-state index < -0.39 is 12.1 Å². The molecule has 0 heterocycles. The number of unbranched alkanes of at least 4 members (excludes halogenated alkanes) is 1. The molecule has 12 heavy (non-hydrogen) atoms. The van der Waals surface area contributed by atoms with Gasteiger partial charge in [-0.1, -0.05) is 13.3 Å². The summed E-state index contributed by atoms with van der Waals surface area (Å²) < 4.78 is 4.12. The summed E-state index contributed by atoms with van der Waals surface area (Å²) in [6.07, 6.45) is 1.04. The summed E-state index contributed by atoms with van der Waals surface area (Å²) in [6.45, 7) is 3.75. The molecule has 1 unspecified atom stereocenters. The molecule has 0 saturated heterocycles. The second-order valence-electron chi connectivity index (χ2n) is 2.28. The number of carbonyl (C=O) groups is 1. The first-order valence-corrected chi connectivity index (χ1v) is 3.96. The summed E-state index contributed by atoms with van der Waals surface area (Å²) in [5, 5.41) is 16.4. The van der Waals surface area contributed by atoms with Gasteiger partial charge in [0.2, 0.25) is 0 Å². The van der Waals surface area contributed by atoms with Crippen molar-refractivity contribution in [3.63, 3.8) is 0 Å². The molecule has 4 nitrogen and oxygen atoms in total. The van der Waals surface area contributed by atoms with E-state index in [9.17, 15) is 4.79 Å². The Morgan fingerprint density at radius 1 is 1.58 bits per heavy atom. The third kappa shape index (κ3) is 12.1. The normalized spacial score (nSPS) is 11.1. The Bertz CT molecular complexity index is 99.2. The third-order valence-corrected chi connectivity index (χ3v) is 1.05. The van der Waals surface area contributed by atoms with Crippen LogP contribution in [-0.2, 0) is 9.53 Å². The number of hydrogen-bond donors (Lipinski definition) is 2.